The zero-order valence-electron chi connectivity index (χ0n) is 12.7. The molecule has 1 aromatic carbocycles. The standard InChI is InChI=1S/C16H15N5OS/c1-21-14(10-18-16(21)23-2)15(22)20-19-9-11-7-8-17-13-6-4-3-5-12(11)13/h3-10H,1-2H3,(H,20,22). The minimum atomic E-state index is -0.296. The molecule has 0 radical (unpaired) electrons. The number of pyridine rings is 1. The maximum atomic E-state index is 12.1. The summed E-state index contributed by atoms with van der Waals surface area (Å²) in [6.45, 7) is 0. The van der Waals surface area contributed by atoms with Crippen molar-refractivity contribution in [3.05, 3.63) is 54.0 Å². The molecule has 6 nitrogen and oxygen atoms in total. The van der Waals surface area contributed by atoms with Crippen molar-refractivity contribution in [1.82, 2.24) is 20.0 Å². The van der Waals surface area contributed by atoms with E-state index in [1.807, 2.05) is 36.6 Å². The predicted molar refractivity (Wildman–Crippen MR) is 91.8 cm³/mol. The van der Waals surface area contributed by atoms with Gasteiger partial charge in [-0.3, -0.25) is 9.78 Å². The monoisotopic (exact) mass is 325 g/mol. The molecule has 0 atom stereocenters. The highest BCUT2D eigenvalue weighted by atomic mass is 32.2. The highest BCUT2D eigenvalue weighted by molar-refractivity contribution is 7.98. The molecule has 1 amide bonds. The van der Waals surface area contributed by atoms with Gasteiger partial charge in [0.25, 0.3) is 5.91 Å². The van der Waals surface area contributed by atoms with Crippen LogP contribution < -0.4 is 5.43 Å². The summed E-state index contributed by atoms with van der Waals surface area (Å²) in [6.07, 6.45) is 6.79. The van der Waals surface area contributed by atoms with Crippen molar-refractivity contribution in [2.45, 2.75) is 5.16 Å². The van der Waals surface area contributed by atoms with Gasteiger partial charge in [0.2, 0.25) is 0 Å². The van der Waals surface area contributed by atoms with E-state index >= 15 is 0 Å². The van der Waals surface area contributed by atoms with Gasteiger partial charge >= 0.3 is 0 Å². The number of carbonyl (C=O) groups excluding carboxylic acids is 1. The minimum Gasteiger partial charge on any atom is -0.318 e. The molecule has 0 aliphatic heterocycles. The first-order chi connectivity index (χ1) is 11.2. The minimum absolute atomic E-state index is 0.296. The molecular weight excluding hydrogens is 310 g/mol. The quantitative estimate of drug-likeness (QED) is 0.454. The van der Waals surface area contributed by atoms with Crippen molar-refractivity contribution in [2.24, 2.45) is 12.1 Å². The van der Waals surface area contributed by atoms with Crippen LogP contribution in [0.4, 0.5) is 0 Å². The van der Waals surface area contributed by atoms with E-state index in [1.165, 1.54) is 11.8 Å². The molecule has 0 spiro atoms. The Morgan fingerprint density at radius 1 is 1.30 bits per heavy atom. The van der Waals surface area contributed by atoms with Crippen LogP contribution in [-0.4, -0.2) is 32.9 Å². The van der Waals surface area contributed by atoms with Crippen molar-refractivity contribution in [1.29, 1.82) is 0 Å². The molecule has 2 aromatic heterocycles. The first-order valence-electron chi connectivity index (χ1n) is 6.93. The Morgan fingerprint density at radius 3 is 2.91 bits per heavy atom. The van der Waals surface area contributed by atoms with E-state index in [9.17, 15) is 4.79 Å². The second-order valence-electron chi connectivity index (χ2n) is 4.81. The topological polar surface area (TPSA) is 72.2 Å². The molecule has 0 aliphatic rings. The Balaban J connectivity index is 1.78. The first-order valence-corrected chi connectivity index (χ1v) is 8.16. The van der Waals surface area contributed by atoms with Gasteiger partial charge in [-0.1, -0.05) is 30.0 Å². The summed E-state index contributed by atoms with van der Waals surface area (Å²) in [6, 6.07) is 9.64. The number of rotatable bonds is 4. The average molecular weight is 325 g/mol. The smallest absolute Gasteiger partial charge is 0.289 e. The zero-order chi connectivity index (χ0) is 16.2. The number of carbonyl (C=O) groups is 1. The van der Waals surface area contributed by atoms with Gasteiger partial charge in [0.1, 0.15) is 5.69 Å². The van der Waals surface area contributed by atoms with Crippen LogP contribution in [0.15, 0.2) is 53.0 Å². The Morgan fingerprint density at radius 2 is 2.13 bits per heavy atom. The molecule has 2 heterocycles. The molecule has 0 aliphatic carbocycles. The van der Waals surface area contributed by atoms with Crippen molar-refractivity contribution >= 4 is 34.8 Å². The number of imidazole rings is 1. The number of nitrogens with zero attached hydrogens (tertiary/aromatic N) is 4. The third-order valence-corrected chi connectivity index (χ3v) is 4.16. The Bertz CT molecular complexity index is 882. The molecule has 7 heteroatoms. The summed E-state index contributed by atoms with van der Waals surface area (Å²) in [5.74, 6) is -0.296. The molecule has 116 valence electrons. The van der Waals surface area contributed by atoms with Crippen molar-refractivity contribution in [3.63, 3.8) is 0 Å². The van der Waals surface area contributed by atoms with E-state index in [-0.39, 0.29) is 5.91 Å². The lowest BCUT2D eigenvalue weighted by atomic mass is 10.1. The Hall–Kier alpha value is -2.67. The van der Waals surface area contributed by atoms with Gasteiger partial charge in [-0.2, -0.15) is 5.10 Å². The van der Waals surface area contributed by atoms with E-state index in [4.69, 9.17) is 0 Å². The molecule has 3 rings (SSSR count). The van der Waals surface area contributed by atoms with Gasteiger partial charge in [-0.05, 0) is 18.4 Å². The van der Waals surface area contributed by atoms with E-state index in [2.05, 4.69) is 20.5 Å². The molecule has 23 heavy (non-hydrogen) atoms. The maximum Gasteiger partial charge on any atom is 0.289 e. The van der Waals surface area contributed by atoms with Gasteiger partial charge in [0, 0.05) is 24.2 Å². The van der Waals surface area contributed by atoms with Gasteiger partial charge in [0.15, 0.2) is 5.16 Å². The van der Waals surface area contributed by atoms with Gasteiger partial charge in [-0.25, -0.2) is 10.4 Å². The number of para-hydroxylation sites is 1. The van der Waals surface area contributed by atoms with E-state index in [1.54, 1.807) is 30.2 Å². The van der Waals surface area contributed by atoms with Crippen molar-refractivity contribution in [2.75, 3.05) is 6.26 Å². The van der Waals surface area contributed by atoms with Crippen LogP contribution in [-0.2, 0) is 7.05 Å². The molecular formula is C16H15N5OS. The van der Waals surface area contributed by atoms with Crippen molar-refractivity contribution < 1.29 is 4.79 Å². The number of hydrogen-bond acceptors (Lipinski definition) is 5. The highest BCUT2D eigenvalue weighted by Crippen LogP contribution is 2.15. The molecule has 3 aromatic rings. The number of amides is 1. The molecule has 0 bridgehead atoms. The third-order valence-electron chi connectivity index (χ3n) is 3.41. The lowest BCUT2D eigenvalue weighted by Crippen LogP contribution is -2.20. The molecule has 1 N–H and O–H groups in total. The third kappa shape index (κ3) is 3.09. The van der Waals surface area contributed by atoms with Crippen LogP contribution in [0.2, 0.25) is 0 Å². The molecule has 0 unspecified atom stereocenters. The van der Waals surface area contributed by atoms with Crippen LogP contribution in [0, 0.1) is 0 Å². The number of fused-ring (bicyclic) bond motifs is 1. The number of hydrogen-bond donors (Lipinski definition) is 1. The number of aromatic nitrogens is 3. The summed E-state index contributed by atoms with van der Waals surface area (Å²) in [7, 11) is 1.80. The zero-order valence-corrected chi connectivity index (χ0v) is 13.5. The lowest BCUT2D eigenvalue weighted by Gasteiger charge is -2.03. The lowest BCUT2D eigenvalue weighted by molar-refractivity contribution is 0.0946. The van der Waals surface area contributed by atoms with Crippen LogP contribution in [0.3, 0.4) is 0 Å². The summed E-state index contributed by atoms with van der Waals surface area (Å²) < 4.78 is 1.73. The van der Waals surface area contributed by atoms with Gasteiger partial charge in [0.05, 0.1) is 17.9 Å². The van der Waals surface area contributed by atoms with Crippen LogP contribution in [0.5, 0.6) is 0 Å². The summed E-state index contributed by atoms with van der Waals surface area (Å²) in [5, 5.41) is 5.81. The van der Waals surface area contributed by atoms with E-state index in [0.29, 0.717) is 5.69 Å². The average Bonchev–Trinajstić information content (AvgIpc) is 2.95. The van der Waals surface area contributed by atoms with Crippen LogP contribution >= 0.6 is 11.8 Å². The Labute approximate surface area is 137 Å². The highest BCUT2D eigenvalue weighted by Gasteiger charge is 2.12. The maximum absolute atomic E-state index is 12.1. The van der Waals surface area contributed by atoms with Gasteiger partial charge in [-0.15, -0.1) is 0 Å². The number of thioether (sulfide) groups is 1. The predicted octanol–water partition coefficient (Wildman–Crippen LogP) is 2.45. The van der Waals surface area contributed by atoms with Crippen LogP contribution in [0.25, 0.3) is 10.9 Å². The fraction of sp³-hybridized carbons (Fsp3) is 0.125. The van der Waals surface area contributed by atoms with Crippen LogP contribution in [0.1, 0.15) is 16.1 Å². The Kier molecular flexibility index (Phi) is 4.38. The number of benzene rings is 1. The fourth-order valence-corrected chi connectivity index (χ4v) is 2.77. The summed E-state index contributed by atoms with van der Waals surface area (Å²) in [5.41, 5.74) is 4.78. The van der Waals surface area contributed by atoms with Crippen molar-refractivity contribution in [3.8, 4) is 0 Å². The van der Waals surface area contributed by atoms with Gasteiger partial charge < -0.3 is 4.57 Å². The second kappa shape index (κ2) is 6.62. The van der Waals surface area contributed by atoms with E-state index in [0.717, 1.165) is 21.6 Å². The fourth-order valence-electron chi connectivity index (χ4n) is 2.24. The van der Waals surface area contributed by atoms with E-state index < -0.39 is 0 Å². The first kappa shape index (κ1) is 15.2. The summed E-state index contributed by atoms with van der Waals surface area (Å²) >= 11 is 1.48. The number of nitrogens with one attached hydrogen (secondary N) is 1. The molecule has 0 saturated carbocycles. The second-order valence-corrected chi connectivity index (χ2v) is 5.58. The SMILES string of the molecule is CSc1ncc(C(=O)NN=Cc2ccnc3ccccc23)n1C. The molecule has 0 saturated heterocycles. The molecule has 0 fully saturated rings. The largest absolute Gasteiger partial charge is 0.318 e. The number of hydrazone groups is 1. The normalized spacial score (nSPS) is 11.2. The summed E-state index contributed by atoms with van der Waals surface area (Å²) in [4.78, 5) is 20.6.